The van der Waals surface area contributed by atoms with E-state index >= 15 is 0 Å². The summed E-state index contributed by atoms with van der Waals surface area (Å²) in [6.45, 7) is 3.60. The molecule has 0 aliphatic rings. The lowest BCUT2D eigenvalue weighted by Gasteiger charge is -2.08. The number of aryl methyl sites for hydroxylation is 1. The number of rotatable bonds is 8. The molecule has 1 aromatic carbocycles. The molecule has 0 bridgehead atoms. The molecular formula is C13H19FN2O4S. The predicted molar refractivity (Wildman–Crippen MR) is 77.1 cm³/mol. The molecule has 0 amide bonds. The van der Waals surface area contributed by atoms with E-state index in [4.69, 9.17) is 0 Å². The van der Waals surface area contributed by atoms with Crippen LogP contribution >= 0.6 is 0 Å². The van der Waals surface area contributed by atoms with Crippen LogP contribution in [0.4, 0.5) is 10.1 Å². The fourth-order valence-corrected chi connectivity index (χ4v) is 3.03. The van der Waals surface area contributed by atoms with Gasteiger partial charge in [0.1, 0.15) is 0 Å². The number of sulfonamides is 1. The second-order valence-electron chi connectivity index (χ2n) is 4.79. The summed E-state index contributed by atoms with van der Waals surface area (Å²) >= 11 is 0. The van der Waals surface area contributed by atoms with Gasteiger partial charge in [0.2, 0.25) is 15.8 Å². The molecule has 1 rings (SSSR count). The Balaban J connectivity index is 2.91. The highest BCUT2D eigenvalue weighted by Gasteiger charge is 2.23. The normalized spacial score (nSPS) is 11.6. The molecule has 21 heavy (non-hydrogen) atoms. The van der Waals surface area contributed by atoms with Crippen LogP contribution in [0, 0.1) is 22.9 Å². The summed E-state index contributed by atoms with van der Waals surface area (Å²) in [6, 6.07) is 1.84. The van der Waals surface area contributed by atoms with Crippen molar-refractivity contribution in [3.05, 3.63) is 33.6 Å². The highest BCUT2D eigenvalue weighted by molar-refractivity contribution is 7.89. The van der Waals surface area contributed by atoms with E-state index in [0.29, 0.717) is 6.42 Å². The van der Waals surface area contributed by atoms with Crippen LogP contribution in [0.2, 0.25) is 0 Å². The number of nitro groups is 1. The highest BCUT2D eigenvalue weighted by Crippen LogP contribution is 2.24. The van der Waals surface area contributed by atoms with Crippen molar-refractivity contribution in [1.82, 2.24) is 4.72 Å². The molecule has 0 spiro atoms. The van der Waals surface area contributed by atoms with Gasteiger partial charge < -0.3 is 0 Å². The largest absolute Gasteiger partial charge is 0.306 e. The third-order valence-corrected chi connectivity index (χ3v) is 4.48. The van der Waals surface area contributed by atoms with E-state index < -0.39 is 26.5 Å². The summed E-state index contributed by atoms with van der Waals surface area (Å²) in [5.41, 5.74) is -0.906. The molecule has 0 atom stereocenters. The van der Waals surface area contributed by atoms with Crippen molar-refractivity contribution in [1.29, 1.82) is 0 Å². The summed E-state index contributed by atoms with van der Waals surface area (Å²) in [4.78, 5) is 9.52. The summed E-state index contributed by atoms with van der Waals surface area (Å²) in [7, 11) is -3.86. The third kappa shape index (κ3) is 4.75. The molecule has 118 valence electrons. The van der Waals surface area contributed by atoms with E-state index in [0.717, 1.165) is 31.4 Å². The number of halogens is 1. The highest BCUT2D eigenvalue weighted by atomic mass is 32.2. The Morgan fingerprint density at radius 2 is 1.95 bits per heavy atom. The molecule has 1 aromatic rings. The van der Waals surface area contributed by atoms with Crippen LogP contribution in [0.3, 0.4) is 0 Å². The topological polar surface area (TPSA) is 89.3 Å². The number of nitro benzene ring substituents is 1. The molecule has 6 nitrogen and oxygen atoms in total. The average molecular weight is 318 g/mol. The molecule has 0 saturated carbocycles. The van der Waals surface area contributed by atoms with Crippen molar-refractivity contribution in [2.45, 2.75) is 44.4 Å². The maximum atomic E-state index is 13.6. The van der Waals surface area contributed by atoms with E-state index in [-0.39, 0.29) is 17.0 Å². The zero-order chi connectivity index (χ0) is 16.0. The van der Waals surface area contributed by atoms with E-state index in [9.17, 15) is 22.9 Å². The molecular weight excluding hydrogens is 299 g/mol. The second kappa shape index (κ2) is 7.46. The lowest BCUT2D eigenvalue weighted by Crippen LogP contribution is -2.25. The Morgan fingerprint density at radius 3 is 2.52 bits per heavy atom. The minimum absolute atomic E-state index is 0.0736. The number of hydrogen-bond donors (Lipinski definition) is 1. The van der Waals surface area contributed by atoms with Gasteiger partial charge in [-0.25, -0.2) is 13.1 Å². The van der Waals surface area contributed by atoms with Crippen LogP contribution in [0.15, 0.2) is 17.0 Å². The molecule has 0 saturated heterocycles. The van der Waals surface area contributed by atoms with Crippen LogP contribution in [-0.2, 0) is 10.0 Å². The first-order valence-corrected chi connectivity index (χ1v) is 8.22. The summed E-state index contributed by atoms with van der Waals surface area (Å²) < 4.78 is 40.0. The van der Waals surface area contributed by atoms with Gasteiger partial charge in [0, 0.05) is 12.6 Å². The van der Waals surface area contributed by atoms with E-state index in [1.807, 2.05) is 6.92 Å². The maximum Gasteiger partial charge on any atom is 0.306 e. The van der Waals surface area contributed by atoms with E-state index in [1.54, 1.807) is 0 Å². The first-order valence-electron chi connectivity index (χ1n) is 6.73. The Labute approximate surface area is 123 Å². The van der Waals surface area contributed by atoms with Gasteiger partial charge in [0.15, 0.2) is 0 Å². The van der Waals surface area contributed by atoms with Crippen LogP contribution in [0.1, 0.15) is 38.2 Å². The van der Waals surface area contributed by atoms with Gasteiger partial charge in [-0.1, -0.05) is 26.2 Å². The summed E-state index contributed by atoms with van der Waals surface area (Å²) in [5.74, 6) is -1.01. The van der Waals surface area contributed by atoms with Crippen LogP contribution < -0.4 is 4.72 Å². The first-order chi connectivity index (χ1) is 9.79. The molecule has 1 N–H and O–H groups in total. The molecule has 0 aliphatic heterocycles. The van der Waals surface area contributed by atoms with Crippen LogP contribution in [-0.4, -0.2) is 19.9 Å². The number of nitrogens with zero attached hydrogens (tertiary/aromatic N) is 1. The lowest BCUT2D eigenvalue weighted by atomic mass is 10.2. The van der Waals surface area contributed by atoms with Crippen LogP contribution in [0.5, 0.6) is 0 Å². The third-order valence-electron chi connectivity index (χ3n) is 3.04. The lowest BCUT2D eigenvalue weighted by molar-refractivity contribution is -0.387. The van der Waals surface area contributed by atoms with E-state index in [1.165, 1.54) is 6.92 Å². The summed E-state index contributed by atoms with van der Waals surface area (Å²) in [6.07, 6.45) is 3.65. The smallest absolute Gasteiger partial charge is 0.258 e. The SMILES string of the molecule is CCCCCCNS(=O)(=O)c1cc(C)c(F)c([N+](=O)[O-])c1. The second-order valence-corrected chi connectivity index (χ2v) is 6.56. The van der Waals surface area contributed by atoms with Gasteiger partial charge in [-0.3, -0.25) is 10.1 Å². The monoisotopic (exact) mass is 318 g/mol. The van der Waals surface area contributed by atoms with Gasteiger partial charge >= 0.3 is 5.69 Å². The Kier molecular flexibility index (Phi) is 6.22. The molecule has 0 aliphatic carbocycles. The van der Waals surface area contributed by atoms with Crippen molar-refractivity contribution in [2.24, 2.45) is 0 Å². The number of nitrogens with one attached hydrogen (secondary N) is 1. The summed E-state index contributed by atoms with van der Waals surface area (Å²) in [5, 5.41) is 10.7. The maximum absolute atomic E-state index is 13.6. The molecule has 0 unspecified atom stereocenters. The van der Waals surface area contributed by atoms with Crippen molar-refractivity contribution in [2.75, 3.05) is 6.54 Å². The molecule has 0 heterocycles. The standard InChI is InChI=1S/C13H19FN2O4S/c1-3-4-5-6-7-15-21(19,20)11-8-10(2)13(14)12(9-11)16(17)18/h8-9,15H,3-7H2,1-2H3. The fourth-order valence-electron chi connectivity index (χ4n) is 1.85. The van der Waals surface area contributed by atoms with Crippen LogP contribution in [0.25, 0.3) is 0 Å². The number of hydrogen-bond acceptors (Lipinski definition) is 4. The zero-order valence-corrected chi connectivity index (χ0v) is 12.9. The number of benzene rings is 1. The van der Waals surface area contributed by atoms with Gasteiger partial charge in [-0.15, -0.1) is 0 Å². The zero-order valence-electron chi connectivity index (χ0n) is 12.1. The number of unbranched alkanes of at least 4 members (excludes halogenated alkanes) is 3. The van der Waals surface area contributed by atoms with Crippen molar-refractivity contribution >= 4 is 15.7 Å². The minimum atomic E-state index is -3.86. The Bertz CT molecular complexity index is 617. The fraction of sp³-hybridized carbons (Fsp3) is 0.538. The van der Waals surface area contributed by atoms with E-state index in [2.05, 4.69) is 4.72 Å². The molecule has 0 fully saturated rings. The van der Waals surface area contributed by atoms with Gasteiger partial charge in [-0.05, 0) is 25.0 Å². The molecule has 0 radical (unpaired) electrons. The van der Waals surface area contributed by atoms with Gasteiger partial charge in [0.05, 0.1) is 9.82 Å². The quantitative estimate of drug-likeness (QED) is 0.453. The average Bonchev–Trinajstić information content (AvgIpc) is 2.40. The minimum Gasteiger partial charge on any atom is -0.258 e. The van der Waals surface area contributed by atoms with Crippen molar-refractivity contribution < 1.29 is 17.7 Å². The Hall–Kier alpha value is -1.54. The van der Waals surface area contributed by atoms with Gasteiger partial charge in [-0.2, -0.15) is 4.39 Å². The predicted octanol–water partition coefficient (Wildman–Crippen LogP) is 2.90. The molecule has 0 aromatic heterocycles. The van der Waals surface area contributed by atoms with Gasteiger partial charge in [0.25, 0.3) is 0 Å². The Morgan fingerprint density at radius 1 is 1.29 bits per heavy atom. The van der Waals surface area contributed by atoms with Crippen molar-refractivity contribution in [3.8, 4) is 0 Å². The molecule has 8 heteroatoms. The first kappa shape index (κ1) is 17.5. The van der Waals surface area contributed by atoms with Crippen molar-refractivity contribution in [3.63, 3.8) is 0 Å².